The Labute approximate surface area is 219 Å². The van der Waals surface area contributed by atoms with Gasteiger partial charge < -0.3 is 10.1 Å². The second kappa shape index (κ2) is 10.1. The first-order chi connectivity index (χ1) is 18.1. The quantitative estimate of drug-likeness (QED) is 0.220. The van der Waals surface area contributed by atoms with Crippen LogP contribution in [0.25, 0.3) is 0 Å². The van der Waals surface area contributed by atoms with Crippen LogP contribution in [-0.2, 0) is 6.61 Å². The standard InChI is InChI=1S/C34H32N2O/c1-23-10-13-25(14-11-23)22-37-33-9-4-3-6-27(33)21-35-28-17-15-26(16-18-28)34-30-8-5-7-29(30)31-20-24(2)12-19-32(31)36-34/h3-7,9-21,29-30,34,36H,8,22H2,1-2H3/t29-,30+,34+/m1/s1. The molecule has 0 fully saturated rings. The van der Waals surface area contributed by atoms with Crippen molar-refractivity contribution in [2.45, 2.75) is 38.8 Å². The molecule has 0 radical (unpaired) electrons. The molecule has 3 atom stereocenters. The van der Waals surface area contributed by atoms with E-state index in [9.17, 15) is 0 Å². The zero-order valence-corrected chi connectivity index (χ0v) is 21.4. The van der Waals surface area contributed by atoms with Gasteiger partial charge in [0.05, 0.1) is 11.7 Å². The van der Waals surface area contributed by atoms with Gasteiger partial charge in [0, 0.05) is 23.4 Å². The number of aliphatic imine (C=N–C) groups is 1. The predicted octanol–water partition coefficient (Wildman–Crippen LogP) is 8.46. The summed E-state index contributed by atoms with van der Waals surface area (Å²) in [7, 11) is 0. The molecule has 0 amide bonds. The molecule has 3 heteroatoms. The van der Waals surface area contributed by atoms with Crippen molar-refractivity contribution in [3.63, 3.8) is 0 Å². The lowest BCUT2D eigenvalue weighted by Gasteiger charge is -2.37. The molecule has 1 aliphatic heterocycles. The highest BCUT2D eigenvalue weighted by molar-refractivity contribution is 5.85. The van der Waals surface area contributed by atoms with E-state index in [1.165, 1.54) is 27.9 Å². The maximum absolute atomic E-state index is 6.12. The number of hydrogen-bond donors (Lipinski definition) is 1. The largest absolute Gasteiger partial charge is 0.488 e. The van der Waals surface area contributed by atoms with Crippen molar-refractivity contribution in [2.24, 2.45) is 10.9 Å². The third-order valence-corrected chi connectivity index (χ3v) is 7.56. The Morgan fingerprint density at radius 1 is 0.892 bits per heavy atom. The molecule has 0 unspecified atom stereocenters. The highest BCUT2D eigenvalue weighted by Crippen LogP contribution is 2.50. The lowest BCUT2D eigenvalue weighted by atomic mass is 9.76. The number of nitrogens with one attached hydrogen (secondary N) is 1. The topological polar surface area (TPSA) is 33.6 Å². The fourth-order valence-electron chi connectivity index (χ4n) is 5.52. The summed E-state index contributed by atoms with van der Waals surface area (Å²) in [5, 5.41) is 3.83. The number of hydrogen-bond acceptors (Lipinski definition) is 3. The summed E-state index contributed by atoms with van der Waals surface area (Å²) in [6.45, 7) is 4.80. The van der Waals surface area contributed by atoms with E-state index in [1.54, 1.807) is 0 Å². The van der Waals surface area contributed by atoms with Crippen LogP contribution in [0.2, 0.25) is 0 Å². The number of benzene rings is 4. The van der Waals surface area contributed by atoms with Crippen LogP contribution in [0.4, 0.5) is 11.4 Å². The van der Waals surface area contributed by atoms with E-state index in [0.29, 0.717) is 24.5 Å². The minimum absolute atomic E-state index is 0.295. The van der Waals surface area contributed by atoms with Gasteiger partial charge in [0.25, 0.3) is 0 Å². The minimum Gasteiger partial charge on any atom is -0.488 e. The van der Waals surface area contributed by atoms with Gasteiger partial charge in [0.15, 0.2) is 0 Å². The van der Waals surface area contributed by atoms with Crippen LogP contribution < -0.4 is 10.1 Å². The highest BCUT2D eigenvalue weighted by Gasteiger charge is 2.37. The predicted molar refractivity (Wildman–Crippen MR) is 153 cm³/mol. The van der Waals surface area contributed by atoms with Crippen molar-refractivity contribution in [3.8, 4) is 5.75 Å². The summed E-state index contributed by atoms with van der Waals surface area (Å²) in [6.07, 6.45) is 7.75. The van der Waals surface area contributed by atoms with Crippen molar-refractivity contribution in [1.82, 2.24) is 0 Å². The average molecular weight is 485 g/mol. The maximum atomic E-state index is 6.12. The molecular formula is C34H32N2O. The van der Waals surface area contributed by atoms with Gasteiger partial charge in [-0.1, -0.05) is 83.9 Å². The Morgan fingerprint density at radius 2 is 1.68 bits per heavy atom. The lowest BCUT2D eigenvalue weighted by Crippen LogP contribution is -2.29. The van der Waals surface area contributed by atoms with E-state index in [2.05, 4.69) is 98.0 Å². The molecule has 4 aromatic carbocycles. The van der Waals surface area contributed by atoms with Gasteiger partial charge in [-0.15, -0.1) is 0 Å². The Bertz CT molecular complexity index is 1450. The van der Waals surface area contributed by atoms with Crippen LogP contribution in [0.5, 0.6) is 5.75 Å². The van der Waals surface area contributed by atoms with Gasteiger partial charge in [0.1, 0.15) is 12.4 Å². The van der Waals surface area contributed by atoms with Gasteiger partial charge in [0.2, 0.25) is 0 Å². The van der Waals surface area contributed by atoms with Crippen molar-refractivity contribution in [2.75, 3.05) is 5.32 Å². The smallest absolute Gasteiger partial charge is 0.128 e. The summed E-state index contributed by atoms with van der Waals surface area (Å²) >= 11 is 0. The molecule has 1 aliphatic carbocycles. The summed E-state index contributed by atoms with van der Waals surface area (Å²) < 4.78 is 6.12. The lowest BCUT2D eigenvalue weighted by molar-refractivity contribution is 0.306. The first-order valence-corrected chi connectivity index (χ1v) is 13.1. The van der Waals surface area contributed by atoms with Gasteiger partial charge in [-0.05, 0) is 73.2 Å². The van der Waals surface area contributed by atoms with Gasteiger partial charge in [-0.3, -0.25) is 4.99 Å². The van der Waals surface area contributed by atoms with Crippen LogP contribution >= 0.6 is 0 Å². The van der Waals surface area contributed by atoms with Crippen molar-refractivity contribution < 1.29 is 4.74 Å². The zero-order chi connectivity index (χ0) is 25.2. The fourth-order valence-corrected chi connectivity index (χ4v) is 5.52. The Kier molecular flexibility index (Phi) is 6.36. The van der Waals surface area contributed by atoms with Crippen LogP contribution in [0.1, 0.15) is 51.8 Å². The number of nitrogens with zero attached hydrogens (tertiary/aromatic N) is 1. The molecule has 184 valence electrons. The second-order valence-electron chi connectivity index (χ2n) is 10.2. The number of para-hydroxylation sites is 1. The normalized spacial score (nSPS) is 19.9. The molecule has 1 N–H and O–H groups in total. The SMILES string of the molecule is Cc1ccc(COc2ccccc2C=Nc2ccc([C@@H]3Nc4ccc(C)cc4[C@@H]4C=CC[C@@H]43)cc2)cc1. The molecular weight excluding hydrogens is 452 g/mol. The molecule has 2 aliphatic rings. The molecule has 6 rings (SSSR count). The fraction of sp³-hybridized carbons (Fsp3) is 0.206. The van der Waals surface area contributed by atoms with E-state index in [0.717, 1.165) is 29.0 Å². The number of anilines is 1. The average Bonchev–Trinajstić information content (AvgIpc) is 3.43. The molecule has 0 aromatic heterocycles. The van der Waals surface area contributed by atoms with E-state index in [1.807, 2.05) is 30.5 Å². The maximum Gasteiger partial charge on any atom is 0.128 e. The third-order valence-electron chi connectivity index (χ3n) is 7.56. The Morgan fingerprint density at radius 3 is 2.51 bits per heavy atom. The number of rotatable bonds is 6. The van der Waals surface area contributed by atoms with E-state index >= 15 is 0 Å². The Balaban J connectivity index is 1.17. The number of aryl methyl sites for hydroxylation is 2. The molecule has 4 aromatic rings. The van der Waals surface area contributed by atoms with Crippen LogP contribution in [0.3, 0.4) is 0 Å². The van der Waals surface area contributed by atoms with Gasteiger partial charge in [-0.2, -0.15) is 0 Å². The highest BCUT2D eigenvalue weighted by atomic mass is 16.5. The minimum atomic E-state index is 0.295. The molecule has 0 spiro atoms. The first-order valence-electron chi connectivity index (χ1n) is 13.1. The summed E-state index contributed by atoms with van der Waals surface area (Å²) in [6, 6.07) is 32.2. The van der Waals surface area contributed by atoms with Crippen molar-refractivity contribution >= 4 is 17.6 Å². The molecule has 0 saturated carbocycles. The van der Waals surface area contributed by atoms with Gasteiger partial charge in [-0.25, -0.2) is 0 Å². The van der Waals surface area contributed by atoms with E-state index < -0.39 is 0 Å². The van der Waals surface area contributed by atoms with E-state index in [-0.39, 0.29) is 0 Å². The zero-order valence-electron chi connectivity index (χ0n) is 21.4. The Hall–Kier alpha value is -4.11. The monoisotopic (exact) mass is 484 g/mol. The van der Waals surface area contributed by atoms with Crippen molar-refractivity contribution in [3.05, 3.63) is 137 Å². The molecule has 3 nitrogen and oxygen atoms in total. The van der Waals surface area contributed by atoms with Crippen LogP contribution in [-0.4, -0.2) is 6.21 Å². The van der Waals surface area contributed by atoms with Crippen LogP contribution in [0.15, 0.2) is 108 Å². The molecule has 0 bridgehead atoms. The number of ether oxygens (including phenoxy) is 1. The third kappa shape index (κ3) is 4.95. The molecule has 0 saturated heterocycles. The number of fused-ring (bicyclic) bond motifs is 3. The summed E-state index contributed by atoms with van der Waals surface area (Å²) in [5.41, 5.74) is 9.63. The molecule has 1 heterocycles. The molecule has 37 heavy (non-hydrogen) atoms. The van der Waals surface area contributed by atoms with Crippen molar-refractivity contribution in [1.29, 1.82) is 0 Å². The van der Waals surface area contributed by atoms with E-state index in [4.69, 9.17) is 9.73 Å². The number of allylic oxidation sites excluding steroid dienone is 2. The first kappa shape index (κ1) is 23.3. The van der Waals surface area contributed by atoms with Crippen LogP contribution in [0, 0.1) is 19.8 Å². The summed E-state index contributed by atoms with van der Waals surface area (Å²) in [5.74, 6) is 1.86. The summed E-state index contributed by atoms with van der Waals surface area (Å²) in [4.78, 5) is 4.76. The second-order valence-corrected chi connectivity index (χ2v) is 10.2. The van der Waals surface area contributed by atoms with Gasteiger partial charge >= 0.3 is 0 Å².